The van der Waals surface area contributed by atoms with E-state index >= 15 is 0 Å². The standard InChI is InChI=1S/C24H17FN4O3S/c1-14-4-3-5-17(10-14)29-22(30)18-12-28(13-19(21(18)27-29)23(31)32-2)24-26-11-20(33-24)15-6-8-16(25)9-7-15/h3-13H,1-2H3. The molecule has 3 aromatic rings. The van der Waals surface area contributed by atoms with Crippen LogP contribution in [0.2, 0.25) is 0 Å². The summed E-state index contributed by atoms with van der Waals surface area (Å²) < 4.78 is 21.1. The third-order valence-corrected chi connectivity index (χ3v) is 6.22. The number of halogens is 1. The number of rotatable bonds is 4. The molecule has 164 valence electrons. The Balaban J connectivity index is 1.67. The maximum absolute atomic E-state index is 13.3. The van der Waals surface area contributed by atoms with Gasteiger partial charge in [0, 0.05) is 18.6 Å². The molecule has 0 saturated heterocycles. The molecule has 2 aromatic carbocycles. The van der Waals surface area contributed by atoms with E-state index in [0.717, 1.165) is 16.0 Å². The summed E-state index contributed by atoms with van der Waals surface area (Å²) in [5, 5.41) is 4.96. The molecule has 33 heavy (non-hydrogen) atoms. The summed E-state index contributed by atoms with van der Waals surface area (Å²) in [6.07, 6.45) is 4.82. The first-order valence-corrected chi connectivity index (χ1v) is 10.8. The lowest BCUT2D eigenvalue weighted by Crippen LogP contribution is -2.15. The lowest BCUT2D eigenvalue weighted by Gasteiger charge is -2.09. The number of methoxy groups -OCH3 is 1. The third-order valence-electron chi connectivity index (χ3n) is 5.16. The lowest BCUT2D eigenvalue weighted by molar-refractivity contribution is 0.0600. The number of aryl methyl sites for hydroxylation is 1. The molecule has 1 aromatic heterocycles. The Morgan fingerprint density at radius 3 is 2.64 bits per heavy atom. The van der Waals surface area contributed by atoms with Crippen molar-refractivity contribution in [2.75, 3.05) is 7.11 Å². The van der Waals surface area contributed by atoms with Crippen LogP contribution in [0.5, 0.6) is 0 Å². The van der Waals surface area contributed by atoms with Gasteiger partial charge in [0.05, 0.1) is 23.2 Å². The first-order chi connectivity index (χ1) is 15.9. The molecule has 0 spiro atoms. The molecule has 0 saturated carbocycles. The van der Waals surface area contributed by atoms with Crippen molar-refractivity contribution in [3.63, 3.8) is 0 Å². The molecule has 2 aliphatic rings. The van der Waals surface area contributed by atoms with Crippen molar-refractivity contribution in [2.24, 2.45) is 0 Å². The van der Waals surface area contributed by atoms with Gasteiger partial charge in [-0.25, -0.2) is 14.2 Å². The maximum Gasteiger partial charge on any atom is 0.341 e. The minimum atomic E-state index is -0.612. The fraction of sp³-hybridized carbons (Fsp3) is 0.0833. The van der Waals surface area contributed by atoms with E-state index in [2.05, 4.69) is 10.1 Å². The second-order valence-corrected chi connectivity index (χ2v) is 8.41. The first kappa shape index (κ1) is 20.8. The summed E-state index contributed by atoms with van der Waals surface area (Å²) in [5.41, 5.74) is 2.70. The minimum absolute atomic E-state index is 0.150. The topological polar surface area (TPSA) is 79.0 Å². The van der Waals surface area contributed by atoms with E-state index in [0.29, 0.717) is 10.8 Å². The lowest BCUT2D eigenvalue weighted by atomic mass is 10.1. The Kier molecular flexibility index (Phi) is 5.10. The van der Waals surface area contributed by atoms with Crippen molar-refractivity contribution in [3.05, 3.63) is 94.4 Å². The number of fused-ring (bicyclic) bond motifs is 1. The van der Waals surface area contributed by atoms with Crippen LogP contribution in [0.1, 0.15) is 15.9 Å². The average molecular weight is 460 g/mol. The van der Waals surface area contributed by atoms with Crippen molar-refractivity contribution in [2.45, 2.75) is 6.92 Å². The van der Waals surface area contributed by atoms with E-state index in [1.54, 1.807) is 41.4 Å². The van der Waals surface area contributed by atoms with E-state index in [1.165, 1.54) is 35.3 Å². The predicted molar refractivity (Wildman–Crippen MR) is 123 cm³/mol. The van der Waals surface area contributed by atoms with Crippen LogP contribution in [0.25, 0.3) is 32.5 Å². The Labute approximate surface area is 191 Å². The van der Waals surface area contributed by atoms with Crippen molar-refractivity contribution in [1.82, 2.24) is 19.3 Å². The van der Waals surface area contributed by atoms with Crippen LogP contribution in [0.4, 0.5) is 4.39 Å². The molecule has 0 fully saturated rings. The summed E-state index contributed by atoms with van der Waals surface area (Å²) >= 11 is 1.34. The number of carbonyl (C=O) groups is 1. The number of benzene rings is 2. The quantitative estimate of drug-likeness (QED) is 0.370. The highest BCUT2D eigenvalue weighted by atomic mass is 32.1. The molecule has 0 radical (unpaired) electrons. The van der Waals surface area contributed by atoms with Crippen LogP contribution >= 0.6 is 11.3 Å². The molecule has 0 amide bonds. The molecule has 0 bridgehead atoms. The Hall–Kier alpha value is -4.11. The van der Waals surface area contributed by atoms with E-state index in [9.17, 15) is 14.0 Å². The number of ether oxygens (including phenoxy) is 1. The van der Waals surface area contributed by atoms with Gasteiger partial charge in [-0.3, -0.25) is 9.36 Å². The summed E-state index contributed by atoms with van der Waals surface area (Å²) in [7, 11) is 1.27. The van der Waals surface area contributed by atoms with Crippen LogP contribution in [-0.4, -0.2) is 32.4 Å². The third kappa shape index (κ3) is 3.72. The van der Waals surface area contributed by atoms with Gasteiger partial charge in [0.1, 0.15) is 17.1 Å². The number of pyridine rings is 1. The molecule has 0 aliphatic carbocycles. The fourth-order valence-electron chi connectivity index (χ4n) is 3.54. The summed E-state index contributed by atoms with van der Waals surface area (Å²) in [6.45, 7) is 1.92. The van der Waals surface area contributed by atoms with Gasteiger partial charge in [0.15, 0.2) is 5.13 Å². The van der Waals surface area contributed by atoms with Crippen LogP contribution in [0.15, 0.2) is 71.9 Å². The number of thiazole rings is 1. The van der Waals surface area contributed by atoms with Gasteiger partial charge >= 0.3 is 5.97 Å². The summed E-state index contributed by atoms with van der Waals surface area (Å²) in [5.74, 6) is -0.932. The van der Waals surface area contributed by atoms with Gasteiger partial charge in [-0.05, 0) is 42.3 Å². The minimum Gasteiger partial charge on any atom is -0.465 e. The number of hydrogen-bond acceptors (Lipinski definition) is 6. The summed E-state index contributed by atoms with van der Waals surface area (Å²) in [4.78, 5) is 31.0. The second kappa shape index (κ2) is 8.10. The van der Waals surface area contributed by atoms with Crippen molar-refractivity contribution in [3.8, 4) is 32.5 Å². The number of esters is 1. The van der Waals surface area contributed by atoms with Crippen molar-refractivity contribution >= 4 is 17.3 Å². The Morgan fingerprint density at radius 1 is 1.12 bits per heavy atom. The predicted octanol–water partition coefficient (Wildman–Crippen LogP) is 4.49. The highest BCUT2D eigenvalue weighted by molar-refractivity contribution is 7.17. The smallest absolute Gasteiger partial charge is 0.341 e. The SMILES string of the molecule is COC(=O)c1cn(-c2ncc(-c3ccc(F)cc3)s2)cc2c(=O)n(-c3cccc(C)c3)nc1-2. The molecule has 0 unspecified atom stereocenters. The normalized spacial score (nSPS) is 11.1. The van der Waals surface area contributed by atoms with Crippen LogP contribution in [-0.2, 0) is 4.74 Å². The monoisotopic (exact) mass is 460 g/mol. The van der Waals surface area contributed by atoms with Gasteiger partial charge in [0.25, 0.3) is 5.56 Å². The zero-order valence-electron chi connectivity index (χ0n) is 17.7. The van der Waals surface area contributed by atoms with E-state index < -0.39 is 5.97 Å². The van der Waals surface area contributed by atoms with Crippen LogP contribution in [0.3, 0.4) is 0 Å². The Morgan fingerprint density at radius 2 is 1.91 bits per heavy atom. The molecule has 7 nitrogen and oxygen atoms in total. The zero-order valence-corrected chi connectivity index (χ0v) is 18.5. The molecular weight excluding hydrogens is 443 g/mol. The first-order valence-electron chi connectivity index (χ1n) is 9.97. The number of aromatic nitrogens is 4. The molecule has 2 aliphatic heterocycles. The molecular formula is C24H17FN4O3S. The highest BCUT2D eigenvalue weighted by Gasteiger charge is 2.26. The molecule has 0 atom stereocenters. The zero-order chi connectivity index (χ0) is 23.1. The van der Waals surface area contributed by atoms with E-state index in [-0.39, 0.29) is 28.2 Å². The number of nitrogens with zero attached hydrogens (tertiary/aromatic N) is 4. The summed E-state index contributed by atoms with van der Waals surface area (Å²) in [6, 6.07) is 13.5. The Bertz CT molecular complexity index is 1520. The molecule has 5 rings (SSSR count). The van der Waals surface area contributed by atoms with Gasteiger partial charge in [0.2, 0.25) is 0 Å². The molecule has 3 heterocycles. The molecule has 9 heteroatoms. The average Bonchev–Trinajstić information content (AvgIpc) is 3.44. The van der Waals surface area contributed by atoms with Gasteiger partial charge in [-0.1, -0.05) is 35.6 Å². The van der Waals surface area contributed by atoms with Crippen LogP contribution < -0.4 is 5.56 Å². The molecule has 0 N–H and O–H groups in total. The van der Waals surface area contributed by atoms with Crippen LogP contribution in [0, 0.1) is 12.7 Å². The van der Waals surface area contributed by atoms with E-state index in [1.807, 2.05) is 25.1 Å². The number of hydrogen-bond donors (Lipinski definition) is 0. The number of carbonyl (C=O) groups excluding carboxylic acids is 1. The highest BCUT2D eigenvalue weighted by Crippen LogP contribution is 2.30. The van der Waals surface area contributed by atoms with Gasteiger partial charge in [-0.15, -0.1) is 0 Å². The van der Waals surface area contributed by atoms with Crippen molar-refractivity contribution in [1.29, 1.82) is 0 Å². The largest absolute Gasteiger partial charge is 0.465 e. The maximum atomic E-state index is 13.3. The van der Waals surface area contributed by atoms with Gasteiger partial charge < -0.3 is 4.74 Å². The fourth-order valence-corrected chi connectivity index (χ4v) is 4.42. The second-order valence-electron chi connectivity index (χ2n) is 7.40. The van der Waals surface area contributed by atoms with Gasteiger partial charge in [-0.2, -0.15) is 9.78 Å². The van der Waals surface area contributed by atoms with Crippen molar-refractivity contribution < 1.29 is 13.9 Å². The van der Waals surface area contributed by atoms with E-state index in [4.69, 9.17) is 4.74 Å².